The van der Waals surface area contributed by atoms with Gasteiger partial charge in [0.15, 0.2) is 0 Å². The molecule has 0 aromatic heterocycles. The van der Waals surface area contributed by atoms with Crippen molar-refractivity contribution in [3.8, 4) is 0 Å². The zero-order valence-corrected chi connectivity index (χ0v) is 12.8. The van der Waals surface area contributed by atoms with Gasteiger partial charge in [0.2, 0.25) is 0 Å². The van der Waals surface area contributed by atoms with Crippen LogP contribution >= 0.6 is 23.4 Å². The monoisotopic (exact) mass is 316 g/mol. The lowest BCUT2D eigenvalue weighted by molar-refractivity contribution is -0.384. The standard InChI is InChI=1S/C13H17ClN2O3S/c1-20-8-4-2-3-7-15-13(17)10-5-6-12(16(18)19)11(14)9-10/h5-6,9H,2-4,7-8H2,1H3,(H,15,17). The van der Waals surface area contributed by atoms with Crippen molar-refractivity contribution >= 4 is 35.0 Å². The fourth-order valence-electron chi connectivity index (χ4n) is 1.65. The maximum Gasteiger partial charge on any atom is 0.287 e. The zero-order chi connectivity index (χ0) is 15.0. The molecule has 0 saturated carbocycles. The van der Waals surface area contributed by atoms with Crippen molar-refractivity contribution < 1.29 is 9.72 Å². The van der Waals surface area contributed by atoms with Crippen LogP contribution in [0.2, 0.25) is 5.02 Å². The Morgan fingerprint density at radius 1 is 1.40 bits per heavy atom. The molecule has 0 bridgehead atoms. The number of thioether (sulfide) groups is 1. The summed E-state index contributed by atoms with van der Waals surface area (Å²) in [5.74, 6) is 0.873. The van der Waals surface area contributed by atoms with E-state index in [2.05, 4.69) is 11.6 Å². The number of nitro groups is 1. The number of hydrogen-bond acceptors (Lipinski definition) is 4. The molecular weight excluding hydrogens is 300 g/mol. The van der Waals surface area contributed by atoms with Crippen LogP contribution in [0.25, 0.3) is 0 Å². The van der Waals surface area contributed by atoms with Crippen molar-refractivity contribution in [2.24, 2.45) is 0 Å². The molecule has 0 radical (unpaired) electrons. The summed E-state index contributed by atoms with van der Waals surface area (Å²) in [5, 5.41) is 13.4. The van der Waals surface area contributed by atoms with Gasteiger partial charge in [-0.15, -0.1) is 0 Å². The van der Waals surface area contributed by atoms with Crippen LogP contribution in [0.5, 0.6) is 0 Å². The van der Waals surface area contributed by atoms with Crippen LogP contribution in [0.15, 0.2) is 18.2 Å². The highest BCUT2D eigenvalue weighted by Crippen LogP contribution is 2.24. The molecule has 7 heteroatoms. The average Bonchev–Trinajstić information content (AvgIpc) is 2.41. The molecule has 1 amide bonds. The molecule has 5 nitrogen and oxygen atoms in total. The van der Waals surface area contributed by atoms with Crippen LogP contribution < -0.4 is 5.32 Å². The van der Waals surface area contributed by atoms with Gasteiger partial charge in [0.1, 0.15) is 5.02 Å². The molecule has 0 aliphatic carbocycles. The Kier molecular flexibility index (Phi) is 7.40. The molecule has 0 saturated heterocycles. The first-order valence-corrected chi connectivity index (χ1v) is 8.04. The summed E-state index contributed by atoms with van der Waals surface area (Å²) in [5.41, 5.74) is 0.144. The number of unbranched alkanes of at least 4 members (excludes halogenated alkanes) is 2. The van der Waals surface area contributed by atoms with Crippen molar-refractivity contribution in [3.05, 3.63) is 38.9 Å². The number of nitrogens with zero attached hydrogens (tertiary/aromatic N) is 1. The highest BCUT2D eigenvalue weighted by Gasteiger charge is 2.14. The predicted octanol–water partition coefficient (Wildman–Crippen LogP) is 3.51. The minimum atomic E-state index is -0.574. The molecule has 0 fully saturated rings. The first kappa shape index (κ1) is 16.8. The Morgan fingerprint density at radius 2 is 2.15 bits per heavy atom. The van der Waals surface area contributed by atoms with Crippen molar-refractivity contribution in [2.45, 2.75) is 19.3 Å². The van der Waals surface area contributed by atoms with Gasteiger partial charge < -0.3 is 5.32 Å². The highest BCUT2D eigenvalue weighted by molar-refractivity contribution is 7.98. The van der Waals surface area contributed by atoms with E-state index >= 15 is 0 Å². The summed E-state index contributed by atoms with van der Waals surface area (Å²) < 4.78 is 0. The lowest BCUT2D eigenvalue weighted by Crippen LogP contribution is -2.24. The van der Waals surface area contributed by atoms with E-state index in [-0.39, 0.29) is 16.6 Å². The molecule has 110 valence electrons. The first-order chi connectivity index (χ1) is 9.56. The van der Waals surface area contributed by atoms with Gasteiger partial charge in [-0.05, 0) is 37.0 Å². The number of halogens is 1. The van der Waals surface area contributed by atoms with Crippen molar-refractivity contribution in [1.82, 2.24) is 5.32 Å². The summed E-state index contributed by atoms with van der Waals surface area (Å²) in [4.78, 5) is 21.9. The molecule has 0 heterocycles. The Balaban J connectivity index is 2.44. The van der Waals surface area contributed by atoms with E-state index in [1.165, 1.54) is 18.2 Å². The number of carbonyl (C=O) groups excluding carboxylic acids is 1. The Labute approximate surface area is 127 Å². The van der Waals surface area contributed by atoms with Gasteiger partial charge in [-0.1, -0.05) is 18.0 Å². The summed E-state index contributed by atoms with van der Waals surface area (Å²) in [7, 11) is 0. The zero-order valence-electron chi connectivity index (χ0n) is 11.2. The normalized spacial score (nSPS) is 10.3. The maximum absolute atomic E-state index is 11.8. The van der Waals surface area contributed by atoms with Gasteiger partial charge in [-0.3, -0.25) is 14.9 Å². The molecule has 1 aromatic carbocycles. The third kappa shape index (κ3) is 5.38. The van der Waals surface area contributed by atoms with Gasteiger partial charge >= 0.3 is 0 Å². The van der Waals surface area contributed by atoms with E-state index < -0.39 is 4.92 Å². The molecule has 1 N–H and O–H groups in total. The Morgan fingerprint density at radius 3 is 2.75 bits per heavy atom. The fourth-order valence-corrected chi connectivity index (χ4v) is 2.39. The predicted molar refractivity (Wildman–Crippen MR) is 82.7 cm³/mol. The smallest absolute Gasteiger partial charge is 0.287 e. The van der Waals surface area contributed by atoms with E-state index in [1.54, 1.807) is 0 Å². The quantitative estimate of drug-likeness (QED) is 0.452. The molecule has 0 unspecified atom stereocenters. The molecular formula is C13H17ClN2O3S. The molecule has 20 heavy (non-hydrogen) atoms. The van der Waals surface area contributed by atoms with Crippen molar-refractivity contribution in [3.63, 3.8) is 0 Å². The minimum absolute atomic E-state index is 0.0254. The van der Waals surface area contributed by atoms with Gasteiger partial charge in [0.25, 0.3) is 11.6 Å². The molecule has 0 aliphatic rings. The summed E-state index contributed by atoms with van der Waals surface area (Å²) in [6.07, 6.45) is 5.20. The topological polar surface area (TPSA) is 72.2 Å². The molecule has 1 aromatic rings. The molecule has 0 atom stereocenters. The van der Waals surface area contributed by atoms with Crippen molar-refractivity contribution in [2.75, 3.05) is 18.6 Å². The number of nitro benzene ring substituents is 1. The average molecular weight is 317 g/mol. The van der Waals surface area contributed by atoms with Gasteiger partial charge in [0, 0.05) is 18.2 Å². The van der Waals surface area contributed by atoms with Crippen LogP contribution in [0, 0.1) is 10.1 Å². The van der Waals surface area contributed by atoms with Gasteiger partial charge in [-0.25, -0.2) is 0 Å². The highest BCUT2D eigenvalue weighted by atomic mass is 35.5. The van der Waals surface area contributed by atoms with Gasteiger partial charge in [0.05, 0.1) is 4.92 Å². The lowest BCUT2D eigenvalue weighted by atomic mass is 10.2. The summed E-state index contributed by atoms with van der Waals surface area (Å²) >= 11 is 7.57. The van der Waals surface area contributed by atoms with Crippen LogP contribution in [-0.2, 0) is 0 Å². The van der Waals surface area contributed by atoms with Crippen LogP contribution in [0.1, 0.15) is 29.6 Å². The number of hydrogen-bond donors (Lipinski definition) is 1. The number of carbonyl (C=O) groups is 1. The third-order valence-corrected chi connectivity index (χ3v) is 3.72. The van der Waals surface area contributed by atoms with E-state index in [0.29, 0.717) is 12.1 Å². The van der Waals surface area contributed by atoms with E-state index in [1.807, 2.05) is 11.8 Å². The minimum Gasteiger partial charge on any atom is -0.352 e. The Bertz CT molecular complexity index is 483. The van der Waals surface area contributed by atoms with E-state index in [9.17, 15) is 14.9 Å². The number of amides is 1. The molecule has 0 spiro atoms. The largest absolute Gasteiger partial charge is 0.352 e. The van der Waals surface area contributed by atoms with Crippen LogP contribution in [0.3, 0.4) is 0 Å². The van der Waals surface area contributed by atoms with Crippen LogP contribution in [0.4, 0.5) is 5.69 Å². The maximum atomic E-state index is 11.8. The second kappa shape index (κ2) is 8.81. The number of benzene rings is 1. The number of nitrogens with one attached hydrogen (secondary N) is 1. The van der Waals surface area contributed by atoms with E-state index in [4.69, 9.17) is 11.6 Å². The number of rotatable bonds is 8. The van der Waals surface area contributed by atoms with Gasteiger partial charge in [-0.2, -0.15) is 11.8 Å². The second-order valence-corrected chi connectivity index (χ2v) is 5.63. The summed E-state index contributed by atoms with van der Waals surface area (Å²) in [6.45, 7) is 0.599. The SMILES string of the molecule is CSCCCCCNC(=O)c1ccc([N+](=O)[O-])c(Cl)c1. The summed E-state index contributed by atoms with van der Waals surface area (Å²) in [6, 6.07) is 3.98. The van der Waals surface area contributed by atoms with E-state index in [0.717, 1.165) is 25.0 Å². The van der Waals surface area contributed by atoms with Crippen molar-refractivity contribution in [1.29, 1.82) is 0 Å². The van der Waals surface area contributed by atoms with Crippen LogP contribution in [-0.4, -0.2) is 29.4 Å². The lowest BCUT2D eigenvalue weighted by Gasteiger charge is -2.05. The second-order valence-electron chi connectivity index (χ2n) is 4.23. The molecule has 1 rings (SSSR count). The third-order valence-electron chi connectivity index (χ3n) is 2.72. The fraction of sp³-hybridized carbons (Fsp3) is 0.462. The first-order valence-electron chi connectivity index (χ1n) is 6.27. The Hall–Kier alpha value is -1.27. The molecule has 0 aliphatic heterocycles.